The molecule has 6 nitrogen and oxygen atoms in total. The highest BCUT2D eigenvalue weighted by Crippen LogP contribution is 2.24. The molecule has 0 aliphatic heterocycles. The normalized spacial score (nSPS) is 11.9. The molecule has 7 heteroatoms. The number of hydrogen-bond acceptors (Lipinski definition) is 4. The van der Waals surface area contributed by atoms with Gasteiger partial charge in [0.05, 0.1) is 6.21 Å². The molecule has 0 radical (unpaired) electrons. The van der Waals surface area contributed by atoms with Crippen molar-refractivity contribution in [3.05, 3.63) is 58.1 Å². The zero-order valence-corrected chi connectivity index (χ0v) is 17.1. The van der Waals surface area contributed by atoms with Gasteiger partial charge in [-0.2, -0.15) is 5.10 Å². The maximum absolute atomic E-state index is 11.8. The maximum Gasteiger partial charge on any atom is 0.329 e. The van der Waals surface area contributed by atoms with E-state index in [1.165, 1.54) is 6.21 Å². The summed E-state index contributed by atoms with van der Waals surface area (Å²) in [4.78, 5) is 23.5. The van der Waals surface area contributed by atoms with E-state index < -0.39 is 11.8 Å². The number of aryl methyl sites for hydroxylation is 1. The second kappa shape index (κ2) is 9.87. The van der Waals surface area contributed by atoms with Crippen LogP contribution in [0, 0.1) is 6.92 Å². The molecule has 0 bridgehead atoms. The Morgan fingerprint density at radius 2 is 1.96 bits per heavy atom. The predicted molar refractivity (Wildman–Crippen MR) is 112 cm³/mol. The number of anilines is 2. The van der Waals surface area contributed by atoms with Crippen LogP contribution in [0.2, 0.25) is 0 Å². The van der Waals surface area contributed by atoms with Crippen molar-refractivity contribution in [3.63, 3.8) is 0 Å². The molecule has 0 unspecified atom stereocenters. The van der Waals surface area contributed by atoms with Crippen LogP contribution in [0.15, 0.2) is 52.0 Å². The van der Waals surface area contributed by atoms with Crippen LogP contribution < -0.4 is 16.1 Å². The Bertz CT molecular complexity index is 852. The van der Waals surface area contributed by atoms with Gasteiger partial charge in [0, 0.05) is 27.5 Å². The molecular formula is C20H23BrN4O2. The lowest BCUT2D eigenvalue weighted by molar-refractivity contribution is -0.139. The summed E-state index contributed by atoms with van der Waals surface area (Å²) in [6, 6.07) is 13.6. The molecule has 3 N–H and O–H groups in total. The average molecular weight is 431 g/mol. The third-order valence-electron chi connectivity index (χ3n) is 3.88. The van der Waals surface area contributed by atoms with Crippen molar-refractivity contribution < 1.29 is 9.59 Å². The minimum atomic E-state index is -0.797. The predicted octanol–water partition coefficient (Wildman–Crippen LogP) is 3.87. The van der Waals surface area contributed by atoms with Crippen LogP contribution in [0.5, 0.6) is 0 Å². The molecule has 0 saturated heterocycles. The van der Waals surface area contributed by atoms with Crippen molar-refractivity contribution >= 4 is 45.3 Å². The molecule has 2 amide bonds. The van der Waals surface area contributed by atoms with E-state index in [0.29, 0.717) is 0 Å². The molecule has 0 aliphatic carbocycles. The Balaban J connectivity index is 2.09. The van der Waals surface area contributed by atoms with E-state index in [9.17, 15) is 9.59 Å². The second-order valence-electron chi connectivity index (χ2n) is 6.21. The highest BCUT2D eigenvalue weighted by molar-refractivity contribution is 9.10. The van der Waals surface area contributed by atoms with Gasteiger partial charge in [0.2, 0.25) is 0 Å². The highest BCUT2D eigenvalue weighted by atomic mass is 79.9. The van der Waals surface area contributed by atoms with Crippen LogP contribution in [-0.2, 0) is 9.59 Å². The number of rotatable bonds is 6. The van der Waals surface area contributed by atoms with Crippen molar-refractivity contribution in [2.75, 3.05) is 5.32 Å². The molecule has 0 fully saturated rings. The van der Waals surface area contributed by atoms with Gasteiger partial charge < -0.3 is 10.6 Å². The number of amides is 2. The quantitative estimate of drug-likeness (QED) is 0.369. The van der Waals surface area contributed by atoms with Crippen molar-refractivity contribution in [3.8, 4) is 0 Å². The molecular weight excluding hydrogens is 408 g/mol. The van der Waals surface area contributed by atoms with Gasteiger partial charge >= 0.3 is 11.8 Å². The van der Waals surface area contributed by atoms with Crippen molar-refractivity contribution in [2.45, 2.75) is 33.2 Å². The smallest absolute Gasteiger partial charge is 0.329 e. The summed E-state index contributed by atoms with van der Waals surface area (Å²) in [5.74, 6) is -1.50. The van der Waals surface area contributed by atoms with E-state index >= 15 is 0 Å². The van der Waals surface area contributed by atoms with E-state index in [1.54, 1.807) is 0 Å². The van der Waals surface area contributed by atoms with E-state index in [1.807, 2.05) is 63.2 Å². The number of carbonyl (C=O) groups is 2. The lowest BCUT2D eigenvalue weighted by Crippen LogP contribution is -2.41. The molecule has 2 rings (SSSR count). The van der Waals surface area contributed by atoms with E-state index in [-0.39, 0.29) is 6.04 Å². The summed E-state index contributed by atoms with van der Waals surface area (Å²) >= 11 is 3.43. The summed E-state index contributed by atoms with van der Waals surface area (Å²) in [5, 5.41) is 9.83. The van der Waals surface area contributed by atoms with Crippen LogP contribution in [0.4, 0.5) is 11.4 Å². The fourth-order valence-electron chi connectivity index (χ4n) is 2.24. The molecule has 0 heterocycles. The topological polar surface area (TPSA) is 82.6 Å². The summed E-state index contributed by atoms with van der Waals surface area (Å²) in [6.07, 6.45) is 2.24. The Labute approximate surface area is 167 Å². The van der Waals surface area contributed by atoms with Gasteiger partial charge in [0.1, 0.15) is 0 Å². The van der Waals surface area contributed by atoms with Gasteiger partial charge in [0.25, 0.3) is 0 Å². The highest BCUT2D eigenvalue weighted by Gasteiger charge is 2.14. The number of benzene rings is 2. The van der Waals surface area contributed by atoms with Gasteiger partial charge in [-0.05, 0) is 56.2 Å². The first-order valence-electron chi connectivity index (χ1n) is 8.66. The standard InChI is InChI=1S/C20H23BrN4O2/c1-4-14(3)23-19(26)20(27)25-22-12-15-11-16(21)8-9-18(15)24-17-7-5-6-13(2)10-17/h5-12,14,24H,4H2,1-3H3,(H,23,26)(H,25,27)/b22-12-/t14-/m0/s1. The summed E-state index contributed by atoms with van der Waals surface area (Å²) in [7, 11) is 0. The number of halogens is 1. The number of hydrogen-bond donors (Lipinski definition) is 3. The van der Waals surface area contributed by atoms with Gasteiger partial charge in [-0.15, -0.1) is 0 Å². The van der Waals surface area contributed by atoms with Gasteiger partial charge in [-0.3, -0.25) is 9.59 Å². The van der Waals surface area contributed by atoms with Gasteiger partial charge in [0.15, 0.2) is 0 Å². The second-order valence-corrected chi connectivity index (χ2v) is 7.12. The Hall–Kier alpha value is -2.67. The zero-order valence-electron chi connectivity index (χ0n) is 15.5. The van der Waals surface area contributed by atoms with Crippen LogP contribution in [0.25, 0.3) is 0 Å². The first-order chi connectivity index (χ1) is 12.9. The molecule has 27 heavy (non-hydrogen) atoms. The molecule has 0 spiro atoms. The Morgan fingerprint density at radius 3 is 2.67 bits per heavy atom. The maximum atomic E-state index is 11.8. The average Bonchev–Trinajstić information content (AvgIpc) is 2.63. The van der Waals surface area contributed by atoms with E-state index in [0.717, 1.165) is 33.4 Å². The van der Waals surface area contributed by atoms with Gasteiger partial charge in [-0.1, -0.05) is 35.0 Å². The first kappa shape index (κ1) is 20.6. The number of hydrazone groups is 1. The SMILES string of the molecule is CC[C@H](C)NC(=O)C(=O)N/N=C\c1cc(Br)ccc1Nc1cccc(C)c1. The molecule has 142 valence electrons. The number of nitrogens with zero attached hydrogens (tertiary/aromatic N) is 1. The summed E-state index contributed by atoms with van der Waals surface area (Å²) < 4.78 is 0.875. The largest absolute Gasteiger partial charge is 0.355 e. The van der Waals surface area contributed by atoms with Crippen LogP contribution >= 0.6 is 15.9 Å². The van der Waals surface area contributed by atoms with Crippen LogP contribution in [0.3, 0.4) is 0 Å². The molecule has 0 saturated carbocycles. The minimum Gasteiger partial charge on any atom is -0.355 e. The Morgan fingerprint density at radius 1 is 1.19 bits per heavy atom. The number of nitrogens with one attached hydrogen (secondary N) is 3. The minimum absolute atomic E-state index is 0.0672. The lowest BCUT2D eigenvalue weighted by atomic mass is 10.1. The fraction of sp³-hybridized carbons (Fsp3) is 0.250. The lowest BCUT2D eigenvalue weighted by Gasteiger charge is -2.11. The van der Waals surface area contributed by atoms with Crippen molar-refractivity contribution in [1.82, 2.24) is 10.7 Å². The van der Waals surface area contributed by atoms with Crippen molar-refractivity contribution in [1.29, 1.82) is 0 Å². The van der Waals surface area contributed by atoms with Crippen molar-refractivity contribution in [2.24, 2.45) is 5.10 Å². The van der Waals surface area contributed by atoms with Crippen LogP contribution in [0.1, 0.15) is 31.4 Å². The monoisotopic (exact) mass is 430 g/mol. The Kier molecular flexibility index (Phi) is 7.55. The first-order valence-corrected chi connectivity index (χ1v) is 9.45. The third-order valence-corrected chi connectivity index (χ3v) is 4.37. The molecule has 2 aromatic carbocycles. The van der Waals surface area contributed by atoms with Gasteiger partial charge in [-0.25, -0.2) is 5.43 Å². The summed E-state index contributed by atoms with van der Waals surface area (Å²) in [5.41, 5.74) is 5.93. The summed E-state index contributed by atoms with van der Waals surface area (Å²) in [6.45, 7) is 5.78. The zero-order chi connectivity index (χ0) is 19.8. The number of carbonyl (C=O) groups excluding carboxylic acids is 2. The molecule has 1 atom stereocenters. The fourth-order valence-corrected chi connectivity index (χ4v) is 2.61. The third kappa shape index (κ3) is 6.53. The van der Waals surface area contributed by atoms with E-state index in [4.69, 9.17) is 0 Å². The molecule has 0 aliphatic rings. The molecule has 0 aromatic heterocycles. The van der Waals surface area contributed by atoms with E-state index in [2.05, 4.69) is 37.1 Å². The van der Waals surface area contributed by atoms with Crippen LogP contribution in [-0.4, -0.2) is 24.1 Å². The molecule has 2 aromatic rings.